The lowest BCUT2D eigenvalue weighted by atomic mass is 9.93. The summed E-state index contributed by atoms with van der Waals surface area (Å²) in [6.45, 7) is 2.64. The molecule has 0 radical (unpaired) electrons. The Labute approximate surface area is 133 Å². The van der Waals surface area contributed by atoms with Crippen molar-refractivity contribution < 1.29 is 9.53 Å². The molecular formula is C17H27N3O2. The van der Waals surface area contributed by atoms with Gasteiger partial charge in [0.05, 0.1) is 18.3 Å². The predicted molar refractivity (Wildman–Crippen MR) is 86.5 cm³/mol. The molecule has 1 saturated heterocycles. The number of rotatable bonds is 6. The zero-order valence-corrected chi connectivity index (χ0v) is 13.9. The lowest BCUT2D eigenvalue weighted by molar-refractivity contribution is -0.134. The van der Waals surface area contributed by atoms with Gasteiger partial charge in [-0.2, -0.15) is 0 Å². The molecule has 1 aliphatic rings. The van der Waals surface area contributed by atoms with Gasteiger partial charge in [0.1, 0.15) is 0 Å². The van der Waals surface area contributed by atoms with Crippen molar-refractivity contribution in [2.24, 2.45) is 5.92 Å². The van der Waals surface area contributed by atoms with Crippen LogP contribution in [0.3, 0.4) is 0 Å². The van der Waals surface area contributed by atoms with Gasteiger partial charge in [-0.05, 0) is 51.0 Å². The fraction of sp³-hybridized carbons (Fsp3) is 0.647. The molecule has 1 unspecified atom stereocenters. The van der Waals surface area contributed by atoms with Crippen LogP contribution in [0.5, 0.6) is 0 Å². The summed E-state index contributed by atoms with van der Waals surface area (Å²) >= 11 is 0. The Kier molecular flexibility index (Phi) is 6.34. The number of carbonyl (C=O) groups excluding carboxylic acids is 1. The number of likely N-dealkylation sites (tertiary alicyclic amines) is 1. The van der Waals surface area contributed by atoms with Gasteiger partial charge in [0.2, 0.25) is 5.91 Å². The van der Waals surface area contributed by atoms with Crippen LogP contribution in [0.15, 0.2) is 24.4 Å². The number of hydrogen-bond donors (Lipinski definition) is 0. The Morgan fingerprint density at radius 2 is 2.18 bits per heavy atom. The highest BCUT2D eigenvalue weighted by molar-refractivity contribution is 5.76. The maximum Gasteiger partial charge on any atom is 0.223 e. The summed E-state index contributed by atoms with van der Waals surface area (Å²) in [5.74, 6) is 0.681. The molecule has 0 aromatic carbocycles. The maximum atomic E-state index is 12.6. The van der Waals surface area contributed by atoms with E-state index < -0.39 is 0 Å². The Morgan fingerprint density at radius 1 is 1.45 bits per heavy atom. The van der Waals surface area contributed by atoms with Crippen LogP contribution >= 0.6 is 0 Å². The highest BCUT2D eigenvalue weighted by atomic mass is 16.5. The highest BCUT2D eigenvalue weighted by Crippen LogP contribution is 2.24. The first-order chi connectivity index (χ1) is 10.6. The topological polar surface area (TPSA) is 45.7 Å². The first-order valence-electron chi connectivity index (χ1n) is 7.96. The predicted octanol–water partition coefficient (Wildman–Crippen LogP) is 1.96. The molecule has 2 rings (SSSR count). The average Bonchev–Trinajstić information content (AvgIpc) is 2.55. The van der Waals surface area contributed by atoms with Gasteiger partial charge in [-0.1, -0.05) is 6.07 Å². The van der Waals surface area contributed by atoms with Crippen molar-refractivity contribution in [3.63, 3.8) is 0 Å². The molecule has 122 valence electrons. The number of pyridine rings is 1. The van der Waals surface area contributed by atoms with E-state index >= 15 is 0 Å². The molecule has 22 heavy (non-hydrogen) atoms. The molecule has 5 nitrogen and oxygen atoms in total. The molecule has 1 amide bonds. The third-order valence-corrected chi connectivity index (χ3v) is 4.52. The van der Waals surface area contributed by atoms with Crippen LogP contribution in [0, 0.1) is 5.92 Å². The second-order valence-corrected chi connectivity index (χ2v) is 6.18. The number of aromatic nitrogens is 1. The summed E-state index contributed by atoms with van der Waals surface area (Å²) in [6, 6.07) is 5.65. The fourth-order valence-corrected chi connectivity index (χ4v) is 2.96. The number of hydrogen-bond acceptors (Lipinski definition) is 4. The van der Waals surface area contributed by atoms with E-state index in [4.69, 9.17) is 4.74 Å². The smallest absolute Gasteiger partial charge is 0.223 e. The molecule has 0 spiro atoms. The molecule has 0 saturated carbocycles. The van der Waals surface area contributed by atoms with Crippen molar-refractivity contribution in [3.8, 4) is 0 Å². The van der Waals surface area contributed by atoms with Crippen LogP contribution in [0.2, 0.25) is 0 Å². The number of ether oxygens (including phenoxy) is 1. The summed E-state index contributed by atoms with van der Waals surface area (Å²) in [6.07, 6.45) is 4.59. The average molecular weight is 305 g/mol. The Balaban J connectivity index is 1.97. The highest BCUT2D eigenvalue weighted by Gasteiger charge is 2.26. The first-order valence-corrected chi connectivity index (χ1v) is 7.96. The zero-order valence-electron chi connectivity index (χ0n) is 13.9. The number of amides is 1. The molecule has 2 heterocycles. The van der Waals surface area contributed by atoms with Crippen LogP contribution in [0.4, 0.5) is 0 Å². The number of likely N-dealkylation sites (N-methyl/N-ethyl adjacent to an activating group) is 1. The second kappa shape index (κ2) is 8.25. The van der Waals surface area contributed by atoms with Gasteiger partial charge in [-0.25, -0.2) is 0 Å². The van der Waals surface area contributed by atoms with Gasteiger partial charge in [0.15, 0.2) is 0 Å². The van der Waals surface area contributed by atoms with Crippen molar-refractivity contribution in [3.05, 3.63) is 30.1 Å². The first kappa shape index (κ1) is 16.9. The quantitative estimate of drug-likeness (QED) is 0.806. The van der Waals surface area contributed by atoms with Gasteiger partial charge in [-0.15, -0.1) is 0 Å². The monoisotopic (exact) mass is 305 g/mol. The van der Waals surface area contributed by atoms with Crippen molar-refractivity contribution in [1.29, 1.82) is 0 Å². The molecule has 0 aliphatic carbocycles. The lowest BCUT2D eigenvalue weighted by Gasteiger charge is -2.32. The van der Waals surface area contributed by atoms with E-state index in [-0.39, 0.29) is 11.9 Å². The molecule has 1 aromatic rings. The number of nitrogens with zero attached hydrogens (tertiary/aromatic N) is 3. The van der Waals surface area contributed by atoms with Crippen molar-refractivity contribution in [2.75, 3.05) is 40.9 Å². The molecule has 1 aliphatic heterocycles. The number of carbonyl (C=O) groups is 1. The minimum atomic E-state index is -0.120. The molecule has 1 atom stereocenters. The van der Waals surface area contributed by atoms with Gasteiger partial charge < -0.3 is 14.5 Å². The van der Waals surface area contributed by atoms with Crippen LogP contribution in [0.25, 0.3) is 0 Å². The van der Waals surface area contributed by atoms with Crippen LogP contribution in [-0.2, 0) is 9.53 Å². The molecule has 5 heteroatoms. The summed E-state index contributed by atoms with van der Waals surface area (Å²) in [5.41, 5.74) is 0.878. The van der Waals surface area contributed by atoms with Gasteiger partial charge in [0, 0.05) is 26.8 Å². The summed E-state index contributed by atoms with van der Waals surface area (Å²) < 4.78 is 5.29. The van der Waals surface area contributed by atoms with Crippen LogP contribution < -0.4 is 0 Å². The number of methoxy groups -OCH3 is 1. The summed E-state index contributed by atoms with van der Waals surface area (Å²) in [7, 11) is 5.65. The van der Waals surface area contributed by atoms with Crippen LogP contribution in [0.1, 0.15) is 31.0 Å². The van der Waals surface area contributed by atoms with E-state index in [9.17, 15) is 4.79 Å². The van der Waals surface area contributed by atoms with E-state index in [1.165, 1.54) is 0 Å². The van der Waals surface area contributed by atoms with Crippen LogP contribution in [-0.4, -0.2) is 61.6 Å². The molecule has 0 N–H and O–H groups in total. The van der Waals surface area contributed by atoms with Crippen molar-refractivity contribution in [2.45, 2.75) is 25.3 Å². The Hall–Kier alpha value is -1.46. The standard InChI is InChI=1S/C17H27N3O2/c1-19-10-7-14(8-11-19)12-17(21)20(2)16(13-22-3)15-6-4-5-9-18-15/h4-6,9,14,16H,7-8,10-13H2,1-3H3. The minimum Gasteiger partial charge on any atom is -0.382 e. The lowest BCUT2D eigenvalue weighted by Crippen LogP contribution is -2.37. The summed E-state index contributed by atoms with van der Waals surface area (Å²) in [4.78, 5) is 21.1. The van der Waals surface area contributed by atoms with Gasteiger partial charge >= 0.3 is 0 Å². The van der Waals surface area contributed by atoms with E-state index in [0.29, 0.717) is 18.9 Å². The van der Waals surface area contributed by atoms with Gasteiger partial charge in [0.25, 0.3) is 0 Å². The largest absolute Gasteiger partial charge is 0.382 e. The third-order valence-electron chi connectivity index (χ3n) is 4.52. The Bertz CT molecular complexity index is 458. The van der Waals surface area contributed by atoms with Crippen molar-refractivity contribution in [1.82, 2.24) is 14.8 Å². The van der Waals surface area contributed by atoms with Crippen molar-refractivity contribution >= 4 is 5.91 Å². The SMILES string of the molecule is COCC(c1ccccn1)N(C)C(=O)CC1CCN(C)CC1. The molecule has 0 bridgehead atoms. The Morgan fingerprint density at radius 3 is 2.77 bits per heavy atom. The van der Waals surface area contributed by atoms with E-state index in [1.54, 1.807) is 18.2 Å². The summed E-state index contributed by atoms with van der Waals surface area (Å²) in [5, 5.41) is 0. The van der Waals surface area contributed by atoms with E-state index in [0.717, 1.165) is 31.6 Å². The third kappa shape index (κ3) is 4.52. The molecule has 1 fully saturated rings. The minimum absolute atomic E-state index is 0.120. The fourth-order valence-electron chi connectivity index (χ4n) is 2.96. The van der Waals surface area contributed by atoms with Gasteiger partial charge in [-0.3, -0.25) is 9.78 Å². The van der Waals surface area contributed by atoms with E-state index in [2.05, 4.69) is 16.9 Å². The zero-order chi connectivity index (χ0) is 15.9. The normalized spacial score (nSPS) is 18.1. The number of piperidine rings is 1. The second-order valence-electron chi connectivity index (χ2n) is 6.18. The molecule has 1 aromatic heterocycles. The molecular weight excluding hydrogens is 278 g/mol. The van der Waals surface area contributed by atoms with E-state index in [1.807, 2.05) is 25.2 Å². The maximum absolute atomic E-state index is 12.6.